The van der Waals surface area contributed by atoms with Gasteiger partial charge in [0.25, 0.3) is 0 Å². The molecule has 0 saturated carbocycles. The Kier molecular flexibility index (Phi) is 2.33. The average Bonchev–Trinajstić information content (AvgIpc) is 2.72. The van der Waals surface area contributed by atoms with E-state index in [0.717, 1.165) is 22.0 Å². The number of rotatable bonds is 1. The van der Waals surface area contributed by atoms with E-state index in [2.05, 4.69) is 11.1 Å². The van der Waals surface area contributed by atoms with Crippen molar-refractivity contribution in [2.75, 3.05) is 0 Å². The molecule has 0 bridgehead atoms. The standard InChI is InChI=1S/C15H13NO2/c1-9-14(18-10(2)17)8-7-12-11-5-3-4-6-13(11)16-15(9)12/h3-8,16H,1-2H3. The number of para-hydroxylation sites is 1. The maximum atomic E-state index is 11.0. The van der Waals surface area contributed by atoms with Crippen molar-refractivity contribution in [3.8, 4) is 5.75 Å². The second-order valence-corrected chi connectivity index (χ2v) is 4.38. The number of benzene rings is 2. The van der Waals surface area contributed by atoms with Gasteiger partial charge in [0.1, 0.15) is 5.75 Å². The molecule has 0 spiro atoms. The molecule has 3 rings (SSSR count). The monoisotopic (exact) mass is 239 g/mol. The number of nitrogens with one attached hydrogen (secondary N) is 1. The van der Waals surface area contributed by atoms with E-state index in [1.807, 2.05) is 37.3 Å². The van der Waals surface area contributed by atoms with Crippen LogP contribution in [0.1, 0.15) is 12.5 Å². The summed E-state index contributed by atoms with van der Waals surface area (Å²) in [5, 5.41) is 2.34. The summed E-state index contributed by atoms with van der Waals surface area (Å²) in [6.45, 7) is 3.37. The molecule has 0 aliphatic rings. The van der Waals surface area contributed by atoms with Gasteiger partial charge in [0.2, 0.25) is 0 Å². The Morgan fingerprint density at radius 3 is 2.67 bits per heavy atom. The van der Waals surface area contributed by atoms with E-state index in [4.69, 9.17) is 4.74 Å². The Labute approximate surface area is 104 Å². The lowest BCUT2D eigenvalue weighted by atomic mass is 10.1. The molecule has 0 aliphatic carbocycles. The van der Waals surface area contributed by atoms with Crippen molar-refractivity contribution in [2.45, 2.75) is 13.8 Å². The first-order valence-corrected chi connectivity index (χ1v) is 5.85. The van der Waals surface area contributed by atoms with Crippen LogP contribution in [0.4, 0.5) is 0 Å². The number of aromatic amines is 1. The van der Waals surface area contributed by atoms with Gasteiger partial charge in [0.05, 0.1) is 5.52 Å². The minimum Gasteiger partial charge on any atom is -0.426 e. The van der Waals surface area contributed by atoms with E-state index in [1.165, 1.54) is 12.3 Å². The van der Waals surface area contributed by atoms with Gasteiger partial charge in [0.15, 0.2) is 0 Å². The molecular formula is C15H13NO2. The van der Waals surface area contributed by atoms with E-state index < -0.39 is 0 Å². The van der Waals surface area contributed by atoms with E-state index in [9.17, 15) is 4.79 Å². The maximum Gasteiger partial charge on any atom is 0.308 e. The molecule has 0 saturated heterocycles. The summed E-state index contributed by atoms with van der Waals surface area (Å²) in [5.41, 5.74) is 3.07. The van der Waals surface area contributed by atoms with E-state index in [1.54, 1.807) is 0 Å². The van der Waals surface area contributed by atoms with Crippen LogP contribution in [-0.4, -0.2) is 11.0 Å². The first kappa shape index (κ1) is 10.8. The third kappa shape index (κ3) is 1.56. The van der Waals surface area contributed by atoms with Gasteiger partial charge in [-0.2, -0.15) is 0 Å². The highest BCUT2D eigenvalue weighted by Crippen LogP contribution is 2.32. The minimum absolute atomic E-state index is 0.298. The summed E-state index contributed by atoms with van der Waals surface area (Å²) in [4.78, 5) is 14.4. The Bertz CT molecular complexity index is 756. The zero-order valence-corrected chi connectivity index (χ0v) is 10.3. The van der Waals surface area contributed by atoms with E-state index in [0.29, 0.717) is 5.75 Å². The lowest BCUT2D eigenvalue weighted by molar-refractivity contribution is -0.131. The van der Waals surface area contributed by atoms with Crippen molar-refractivity contribution in [2.24, 2.45) is 0 Å². The molecule has 3 aromatic rings. The molecule has 0 amide bonds. The molecule has 0 aliphatic heterocycles. The van der Waals surface area contributed by atoms with E-state index in [-0.39, 0.29) is 5.97 Å². The Morgan fingerprint density at radius 1 is 1.11 bits per heavy atom. The number of carbonyl (C=O) groups excluding carboxylic acids is 1. The number of hydrogen-bond acceptors (Lipinski definition) is 2. The van der Waals surface area contributed by atoms with Crippen molar-refractivity contribution in [3.05, 3.63) is 42.0 Å². The molecule has 18 heavy (non-hydrogen) atoms. The zero-order chi connectivity index (χ0) is 12.7. The molecule has 3 nitrogen and oxygen atoms in total. The quantitative estimate of drug-likeness (QED) is 0.521. The topological polar surface area (TPSA) is 42.1 Å². The Hall–Kier alpha value is -2.29. The summed E-state index contributed by atoms with van der Waals surface area (Å²) in [7, 11) is 0. The molecule has 1 heterocycles. The van der Waals surface area contributed by atoms with Gasteiger partial charge in [0, 0.05) is 28.8 Å². The van der Waals surface area contributed by atoms with Crippen LogP contribution in [0.25, 0.3) is 21.8 Å². The summed E-state index contributed by atoms with van der Waals surface area (Å²) in [5.74, 6) is 0.315. The number of fused-ring (bicyclic) bond motifs is 3. The molecule has 0 unspecified atom stereocenters. The third-order valence-electron chi connectivity index (χ3n) is 3.15. The van der Waals surface area contributed by atoms with Crippen molar-refractivity contribution >= 4 is 27.8 Å². The largest absolute Gasteiger partial charge is 0.426 e. The number of carbonyl (C=O) groups is 1. The summed E-state index contributed by atoms with van der Waals surface area (Å²) in [6, 6.07) is 12.0. The van der Waals surface area contributed by atoms with Gasteiger partial charge in [-0.05, 0) is 25.1 Å². The van der Waals surface area contributed by atoms with Crippen LogP contribution in [-0.2, 0) is 4.79 Å². The zero-order valence-electron chi connectivity index (χ0n) is 10.3. The van der Waals surface area contributed by atoms with Gasteiger partial charge < -0.3 is 9.72 Å². The number of H-pyrrole nitrogens is 1. The van der Waals surface area contributed by atoms with Gasteiger partial charge in [-0.25, -0.2) is 0 Å². The van der Waals surface area contributed by atoms with Gasteiger partial charge in [-0.3, -0.25) is 4.79 Å². The molecule has 1 N–H and O–H groups in total. The maximum absolute atomic E-state index is 11.0. The molecule has 2 aromatic carbocycles. The number of aryl methyl sites for hydroxylation is 1. The molecular weight excluding hydrogens is 226 g/mol. The molecule has 1 aromatic heterocycles. The first-order valence-electron chi connectivity index (χ1n) is 5.85. The molecule has 0 atom stereocenters. The fourth-order valence-corrected chi connectivity index (χ4v) is 2.31. The smallest absolute Gasteiger partial charge is 0.308 e. The number of aromatic nitrogens is 1. The van der Waals surface area contributed by atoms with Crippen molar-refractivity contribution < 1.29 is 9.53 Å². The van der Waals surface area contributed by atoms with Crippen LogP contribution in [0.3, 0.4) is 0 Å². The summed E-state index contributed by atoms with van der Waals surface area (Å²) < 4.78 is 5.19. The van der Waals surface area contributed by atoms with Crippen molar-refractivity contribution in [1.82, 2.24) is 4.98 Å². The number of hydrogen-bond donors (Lipinski definition) is 1. The first-order chi connectivity index (χ1) is 8.66. The lowest BCUT2D eigenvalue weighted by Gasteiger charge is -2.05. The highest BCUT2D eigenvalue weighted by atomic mass is 16.5. The molecule has 3 heteroatoms. The fourth-order valence-electron chi connectivity index (χ4n) is 2.31. The van der Waals surface area contributed by atoms with Gasteiger partial charge >= 0.3 is 5.97 Å². The molecule has 0 fully saturated rings. The van der Waals surface area contributed by atoms with Gasteiger partial charge in [-0.1, -0.05) is 18.2 Å². The lowest BCUT2D eigenvalue weighted by Crippen LogP contribution is -2.02. The molecule has 0 radical (unpaired) electrons. The van der Waals surface area contributed by atoms with Crippen molar-refractivity contribution in [1.29, 1.82) is 0 Å². The highest BCUT2D eigenvalue weighted by molar-refractivity contribution is 6.08. The van der Waals surface area contributed by atoms with Crippen LogP contribution in [0, 0.1) is 6.92 Å². The molecule has 90 valence electrons. The SMILES string of the molecule is CC(=O)Oc1ccc2c([nH]c3ccccc32)c1C. The predicted octanol–water partition coefficient (Wildman–Crippen LogP) is 3.55. The van der Waals surface area contributed by atoms with Crippen LogP contribution in [0.15, 0.2) is 36.4 Å². The van der Waals surface area contributed by atoms with Crippen molar-refractivity contribution in [3.63, 3.8) is 0 Å². The normalized spacial score (nSPS) is 11.0. The van der Waals surface area contributed by atoms with E-state index >= 15 is 0 Å². The summed E-state index contributed by atoms with van der Waals surface area (Å²) >= 11 is 0. The summed E-state index contributed by atoms with van der Waals surface area (Å²) in [6.07, 6.45) is 0. The van der Waals surface area contributed by atoms with Crippen LogP contribution in [0.2, 0.25) is 0 Å². The Balaban J connectivity index is 2.32. The average molecular weight is 239 g/mol. The number of esters is 1. The predicted molar refractivity (Wildman–Crippen MR) is 71.9 cm³/mol. The highest BCUT2D eigenvalue weighted by Gasteiger charge is 2.10. The second-order valence-electron chi connectivity index (χ2n) is 4.38. The van der Waals surface area contributed by atoms with Crippen LogP contribution < -0.4 is 4.74 Å². The van der Waals surface area contributed by atoms with Crippen LogP contribution >= 0.6 is 0 Å². The minimum atomic E-state index is -0.298. The fraction of sp³-hybridized carbons (Fsp3) is 0.133. The Morgan fingerprint density at radius 2 is 1.89 bits per heavy atom. The second kappa shape index (κ2) is 3.88. The van der Waals surface area contributed by atoms with Crippen LogP contribution in [0.5, 0.6) is 5.75 Å². The number of ether oxygens (including phenoxy) is 1. The van der Waals surface area contributed by atoms with Gasteiger partial charge in [-0.15, -0.1) is 0 Å². The third-order valence-corrected chi connectivity index (χ3v) is 3.15.